The van der Waals surface area contributed by atoms with Crippen LogP contribution in [0.3, 0.4) is 0 Å². The van der Waals surface area contributed by atoms with Crippen molar-refractivity contribution in [2.45, 2.75) is 13.0 Å². The topological polar surface area (TPSA) is 74.2 Å². The maximum atomic E-state index is 11.7. The number of carbonyl (C=O) groups is 1. The fourth-order valence-corrected chi connectivity index (χ4v) is 2.47. The molecule has 0 bridgehead atoms. The van der Waals surface area contributed by atoms with E-state index in [-0.39, 0.29) is 17.9 Å². The number of β-amino-alcohol motifs (C(OH)–C–C–N with tert-alkyl or cyclic N) is 1. The lowest BCUT2D eigenvalue weighted by Crippen LogP contribution is -2.34. The molecule has 2 heterocycles. The standard InChI is InChI=1S/C10H15N3O2S/c1-6-9(16-5-13-6)10(15)12-3-7-2-11-4-8(7)14/h5,7-8,11,14H,2-4H2,1H3,(H,12,15). The molecule has 0 radical (unpaired) electrons. The summed E-state index contributed by atoms with van der Waals surface area (Å²) in [4.78, 5) is 16.4. The van der Waals surface area contributed by atoms with Crippen LogP contribution in [0.1, 0.15) is 15.4 Å². The Balaban J connectivity index is 1.86. The SMILES string of the molecule is Cc1ncsc1C(=O)NCC1CNCC1O. The van der Waals surface area contributed by atoms with E-state index < -0.39 is 0 Å². The summed E-state index contributed by atoms with van der Waals surface area (Å²) in [6.07, 6.45) is -0.358. The van der Waals surface area contributed by atoms with Crippen LogP contribution in [0.5, 0.6) is 0 Å². The second kappa shape index (κ2) is 4.90. The van der Waals surface area contributed by atoms with Gasteiger partial charge in [0.15, 0.2) is 0 Å². The predicted octanol–water partition coefficient (Wildman–Crippen LogP) is -0.238. The van der Waals surface area contributed by atoms with E-state index in [0.29, 0.717) is 18.0 Å². The summed E-state index contributed by atoms with van der Waals surface area (Å²) in [7, 11) is 0. The Bertz CT molecular complexity index is 380. The molecule has 1 saturated heterocycles. The molecule has 0 aliphatic carbocycles. The van der Waals surface area contributed by atoms with Crippen molar-refractivity contribution in [1.82, 2.24) is 15.6 Å². The Kier molecular flexibility index (Phi) is 3.52. The molecule has 0 saturated carbocycles. The van der Waals surface area contributed by atoms with Gasteiger partial charge in [-0.2, -0.15) is 0 Å². The van der Waals surface area contributed by atoms with Crippen LogP contribution in [0.4, 0.5) is 0 Å². The average Bonchev–Trinajstić information content (AvgIpc) is 2.84. The molecule has 2 unspecified atom stereocenters. The van der Waals surface area contributed by atoms with E-state index in [4.69, 9.17) is 0 Å². The molecule has 6 heteroatoms. The van der Waals surface area contributed by atoms with Crippen molar-refractivity contribution in [3.05, 3.63) is 16.1 Å². The second-order valence-corrected chi connectivity index (χ2v) is 4.82. The molecule has 1 fully saturated rings. The third-order valence-corrected chi connectivity index (χ3v) is 3.71. The Morgan fingerprint density at radius 1 is 1.75 bits per heavy atom. The number of hydrogen-bond donors (Lipinski definition) is 3. The summed E-state index contributed by atoms with van der Waals surface area (Å²) in [6, 6.07) is 0. The van der Waals surface area contributed by atoms with Crippen molar-refractivity contribution in [2.24, 2.45) is 5.92 Å². The highest BCUT2D eigenvalue weighted by atomic mass is 32.1. The van der Waals surface area contributed by atoms with Gasteiger partial charge < -0.3 is 15.7 Å². The van der Waals surface area contributed by atoms with Crippen LogP contribution in [0.2, 0.25) is 0 Å². The normalized spacial score (nSPS) is 24.6. The molecule has 2 atom stereocenters. The van der Waals surface area contributed by atoms with E-state index in [9.17, 15) is 9.90 Å². The number of aromatic nitrogens is 1. The zero-order valence-corrected chi connectivity index (χ0v) is 9.88. The number of aryl methyl sites for hydroxylation is 1. The van der Waals surface area contributed by atoms with Crippen molar-refractivity contribution in [3.63, 3.8) is 0 Å². The number of thiazole rings is 1. The quantitative estimate of drug-likeness (QED) is 0.683. The lowest BCUT2D eigenvalue weighted by atomic mass is 10.1. The van der Waals surface area contributed by atoms with Gasteiger partial charge in [-0.05, 0) is 6.92 Å². The van der Waals surface area contributed by atoms with Crippen molar-refractivity contribution >= 4 is 17.2 Å². The first-order valence-corrected chi connectivity index (χ1v) is 6.13. The van der Waals surface area contributed by atoms with Gasteiger partial charge in [0.25, 0.3) is 5.91 Å². The van der Waals surface area contributed by atoms with Gasteiger partial charge in [-0.15, -0.1) is 11.3 Å². The summed E-state index contributed by atoms with van der Waals surface area (Å²) in [5, 5.41) is 15.5. The number of hydrogen-bond acceptors (Lipinski definition) is 5. The van der Waals surface area contributed by atoms with E-state index in [1.165, 1.54) is 11.3 Å². The van der Waals surface area contributed by atoms with Crippen LogP contribution in [0, 0.1) is 12.8 Å². The van der Waals surface area contributed by atoms with E-state index in [2.05, 4.69) is 15.6 Å². The first-order valence-electron chi connectivity index (χ1n) is 5.25. The molecule has 2 rings (SSSR count). The van der Waals surface area contributed by atoms with Crippen molar-refractivity contribution < 1.29 is 9.90 Å². The highest BCUT2D eigenvalue weighted by molar-refractivity contribution is 7.11. The third-order valence-electron chi connectivity index (χ3n) is 2.78. The van der Waals surface area contributed by atoms with Crippen LogP contribution in [-0.2, 0) is 0 Å². The molecule has 3 N–H and O–H groups in total. The number of nitrogens with one attached hydrogen (secondary N) is 2. The molecule has 1 aromatic rings. The summed E-state index contributed by atoms with van der Waals surface area (Å²) >= 11 is 1.34. The van der Waals surface area contributed by atoms with Crippen LogP contribution < -0.4 is 10.6 Å². The van der Waals surface area contributed by atoms with Crippen LogP contribution in [-0.4, -0.2) is 41.7 Å². The number of rotatable bonds is 3. The minimum Gasteiger partial charge on any atom is -0.391 e. The highest BCUT2D eigenvalue weighted by Gasteiger charge is 2.25. The number of carbonyl (C=O) groups excluding carboxylic acids is 1. The first-order chi connectivity index (χ1) is 7.68. The van der Waals surface area contributed by atoms with Crippen LogP contribution >= 0.6 is 11.3 Å². The Morgan fingerprint density at radius 3 is 3.12 bits per heavy atom. The molecular formula is C10H15N3O2S. The maximum absolute atomic E-state index is 11.7. The first kappa shape index (κ1) is 11.5. The molecule has 0 spiro atoms. The molecule has 1 aliphatic rings. The number of amides is 1. The smallest absolute Gasteiger partial charge is 0.263 e. The molecule has 0 aromatic carbocycles. The fraction of sp³-hybridized carbons (Fsp3) is 0.600. The second-order valence-electron chi connectivity index (χ2n) is 3.96. The Hall–Kier alpha value is -0.980. The number of nitrogens with zero attached hydrogens (tertiary/aromatic N) is 1. The fourth-order valence-electron chi connectivity index (χ4n) is 1.75. The molecule has 1 aromatic heterocycles. The summed E-state index contributed by atoms with van der Waals surface area (Å²) in [5.41, 5.74) is 2.42. The zero-order chi connectivity index (χ0) is 11.5. The minimum atomic E-state index is -0.358. The van der Waals surface area contributed by atoms with Crippen molar-refractivity contribution in [3.8, 4) is 0 Å². The average molecular weight is 241 g/mol. The molecule has 16 heavy (non-hydrogen) atoms. The Labute approximate surface area is 97.9 Å². The number of aliphatic hydroxyl groups excluding tert-OH is 1. The summed E-state index contributed by atoms with van der Waals surface area (Å²) in [5.74, 6) is 0.0104. The Morgan fingerprint density at radius 2 is 2.56 bits per heavy atom. The van der Waals surface area contributed by atoms with Gasteiger partial charge in [0.2, 0.25) is 0 Å². The largest absolute Gasteiger partial charge is 0.391 e. The van der Waals surface area contributed by atoms with Crippen LogP contribution in [0.25, 0.3) is 0 Å². The number of aliphatic hydroxyl groups is 1. The highest BCUT2D eigenvalue weighted by Crippen LogP contribution is 2.12. The zero-order valence-electron chi connectivity index (χ0n) is 9.06. The van der Waals surface area contributed by atoms with E-state index >= 15 is 0 Å². The van der Waals surface area contributed by atoms with E-state index in [1.54, 1.807) is 5.51 Å². The van der Waals surface area contributed by atoms with Gasteiger partial charge in [-0.3, -0.25) is 4.79 Å². The molecule has 88 valence electrons. The van der Waals surface area contributed by atoms with Crippen LogP contribution in [0.15, 0.2) is 5.51 Å². The monoisotopic (exact) mass is 241 g/mol. The van der Waals surface area contributed by atoms with Gasteiger partial charge in [-0.25, -0.2) is 4.98 Å². The molecular weight excluding hydrogens is 226 g/mol. The van der Waals surface area contributed by atoms with E-state index in [0.717, 1.165) is 12.2 Å². The van der Waals surface area contributed by atoms with E-state index in [1.807, 2.05) is 6.92 Å². The van der Waals surface area contributed by atoms with Gasteiger partial charge in [-0.1, -0.05) is 0 Å². The lowest BCUT2D eigenvalue weighted by Gasteiger charge is -2.13. The minimum absolute atomic E-state index is 0.0981. The van der Waals surface area contributed by atoms with Gasteiger partial charge >= 0.3 is 0 Å². The molecule has 1 aliphatic heterocycles. The van der Waals surface area contributed by atoms with Gasteiger partial charge in [0.1, 0.15) is 4.88 Å². The van der Waals surface area contributed by atoms with Gasteiger partial charge in [0, 0.05) is 25.6 Å². The maximum Gasteiger partial charge on any atom is 0.263 e. The third kappa shape index (κ3) is 2.40. The lowest BCUT2D eigenvalue weighted by molar-refractivity contribution is 0.0930. The van der Waals surface area contributed by atoms with Crippen molar-refractivity contribution in [2.75, 3.05) is 19.6 Å². The molecule has 1 amide bonds. The predicted molar refractivity (Wildman–Crippen MR) is 61.6 cm³/mol. The summed E-state index contributed by atoms with van der Waals surface area (Å²) < 4.78 is 0. The van der Waals surface area contributed by atoms with Crippen molar-refractivity contribution in [1.29, 1.82) is 0 Å². The molecule has 5 nitrogen and oxygen atoms in total. The summed E-state index contributed by atoms with van der Waals surface area (Å²) in [6.45, 7) is 3.69. The van der Waals surface area contributed by atoms with Gasteiger partial charge in [0.05, 0.1) is 17.3 Å².